The van der Waals surface area contributed by atoms with E-state index in [0.29, 0.717) is 5.56 Å². The summed E-state index contributed by atoms with van der Waals surface area (Å²) >= 11 is 9.14. The highest BCUT2D eigenvalue weighted by Crippen LogP contribution is 2.33. The van der Waals surface area contributed by atoms with Crippen LogP contribution in [0.4, 0.5) is 13.2 Å². The maximum atomic E-state index is 12.5. The van der Waals surface area contributed by atoms with Gasteiger partial charge in [-0.25, -0.2) is 0 Å². The zero-order chi connectivity index (χ0) is 15.7. The number of benzene rings is 1. The van der Waals surface area contributed by atoms with E-state index in [1.54, 1.807) is 20.8 Å². The molecule has 112 valence electrons. The predicted molar refractivity (Wildman–Crippen MR) is 77.3 cm³/mol. The Kier molecular flexibility index (Phi) is 5.30. The molecule has 0 amide bonds. The van der Waals surface area contributed by atoms with E-state index in [2.05, 4.69) is 15.9 Å². The normalized spacial score (nSPS) is 14.2. The van der Waals surface area contributed by atoms with Gasteiger partial charge in [0.1, 0.15) is 0 Å². The van der Waals surface area contributed by atoms with Crippen molar-refractivity contribution in [3.63, 3.8) is 0 Å². The van der Waals surface area contributed by atoms with Gasteiger partial charge in [0, 0.05) is 10.4 Å². The van der Waals surface area contributed by atoms with E-state index in [-0.39, 0.29) is 17.2 Å². The zero-order valence-electron chi connectivity index (χ0n) is 11.3. The van der Waals surface area contributed by atoms with Crippen molar-refractivity contribution in [1.29, 1.82) is 0 Å². The van der Waals surface area contributed by atoms with E-state index < -0.39 is 22.0 Å². The molecule has 0 aliphatic heterocycles. The van der Waals surface area contributed by atoms with E-state index in [1.165, 1.54) is 6.07 Å². The van der Waals surface area contributed by atoms with Gasteiger partial charge in [-0.05, 0) is 24.1 Å². The molecular weight excluding hydrogens is 357 g/mol. The molecule has 0 N–H and O–H groups in total. The van der Waals surface area contributed by atoms with Crippen molar-refractivity contribution >= 4 is 33.3 Å². The molecular formula is C14H15BrClF3O. The standard InChI is InChI=1S/C14H15BrClF3O/c1-13(2,3)12(20)10(15)6-8-4-5-9(7-11(8)16)14(17,18)19/h4-5,7,10H,6H2,1-3H3. The Morgan fingerprint density at radius 3 is 2.25 bits per heavy atom. The van der Waals surface area contributed by atoms with E-state index in [9.17, 15) is 18.0 Å². The molecule has 0 heterocycles. The minimum absolute atomic E-state index is 0.0194. The molecule has 0 fully saturated rings. The SMILES string of the molecule is CC(C)(C)C(=O)C(Br)Cc1ccc(C(F)(F)F)cc1Cl. The summed E-state index contributed by atoms with van der Waals surface area (Å²) in [6, 6.07) is 3.18. The minimum Gasteiger partial charge on any atom is -0.298 e. The van der Waals surface area contributed by atoms with Crippen molar-refractivity contribution in [3.8, 4) is 0 Å². The molecule has 0 radical (unpaired) electrons. The molecule has 0 saturated heterocycles. The molecule has 1 atom stereocenters. The van der Waals surface area contributed by atoms with Crippen LogP contribution in [0.2, 0.25) is 5.02 Å². The first kappa shape index (κ1) is 17.5. The summed E-state index contributed by atoms with van der Waals surface area (Å²) in [7, 11) is 0. The molecule has 0 aliphatic rings. The maximum Gasteiger partial charge on any atom is 0.416 e. The number of carbonyl (C=O) groups excluding carboxylic acids is 1. The first-order chi connectivity index (χ1) is 8.93. The quantitative estimate of drug-likeness (QED) is 0.661. The second-order valence-electron chi connectivity index (χ2n) is 5.59. The van der Waals surface area contributed by atoms with Gasteiger partial charge in [0.25, 0.3) is 0 Å². The lowest BCUT2D eigenvalue weighted by Crippen LogP contribution is -2.30. The van der Waals surface area contributed by atoms with Crippen LogP contribution in [0.25, 0.3) is 0 Å². The third-order valence-corrected chi connectivity index (χ3v) is 3.89. The maximum absolute atomic E-state index is 12.5. The molecule has 1 unspecified atom stereocenters. The van der Waals surface area contributed by atoms with Crippen molar-refractivity contribution in [2.24, 2.45) is 5.41 Å². The Morgan fingerprint density at radius 1 is 1.30 bits per heavy atom. The van der Waals surface area contributed by atoms with Gasteiger partial charge in [-0.2, -0.15) is 13.2 Å². The number of carbonyl (C=O) groups is 1. The molecule has 1 aromatic rings. The number of Topliss-reactive ketones (excluding diaryl/α,β-unsaturated/α-hetero) is 1. The van der Waals surface area contributed by atoms with Crippen LogP contribution < -0.4 is 0 Å². The Morgan fingerprint density at radius 2 is 1.85 bits per heavy atom. The second-order valence-corrected chi connectivity index (χ2v) is 7.10. The molecule has 1 aromatic carbocycles. The smallest absolute Gasteiger partial charge is 0.298 e. The zero-order valence-corrected chi connectivity index (χ0v) is 13.7. The van der Waals surface area contributed by atoms with Gasteiger partial charge in [-0.1, -0.05) is 54.4 Å². The molecule has 1 rings (SSSR count). The molecule has 1 nitrogen and oxygen atoms in total. The number of alkyl halides is 4. The molecule has 0 saturated carbocycles. The molecule has 20 heavy (non-hydrogen) atoms. The Labute approximate surface area is 129 Å². The van der Waals surface area contributed by atoms with Crippen LogP contribution in [0.5, 0.6) is 0 Å². The average molecular weight is 372 g/mol. The molecule has 0 bridgehead atoms. The van der Waals surface area contributed by atoms with Gasteiger partial charge in [-0.15, -0.1) is 0 Å². The summed E-state index contributed by atoms with van der Waals surface area (Å²) < 4.78 is 37.6. The Balaban J connectivity index is 2.92. The highest BCUT2D eigenvalue weighted by atomic mass is 79.9. The topological polar surface area (TPSA) is 17.1 Å². The number of hydrogen-bond donors (Lipinski definition) is 0. The summed E-state index contributed by atoms with van der Waals surface area (Å²) in [4.78, 5) is 11.6. The van der Waals surface area contributed by atoms with Crippen molar-refractivity contribution in [1.82, 2.24) is 0 Å². The summed E-state index contributed by atoms with van der Waals surface area (Å²) in [5, 5.41) is 0.0194. The number of hydrogen-bond acceptors (Lipinski definition) is 1. The van der Waals surface area contributed by atoms with Crippen LogP contribution in [-0.4, -0.2) is 10.6 Å². The number of halogens is 5. The van der Waals surface area contributed by atoms with Crippen LogP contribution in [-0.2, 0) is 17.4 Å². The fraction of sp³-hybridized carbons (Fsp3) is 0.500. The van der Waals surface area contributed by atoms with Gasteiger partial charge in [0.15, 0.2) is 5.78 Å². The molecule has 0 aliphatic carbocycles. The van der Waals surface area contributed by atoms with Crippen LogP contribution >= 0.6 is 27.5 Å². The largest absolute Gasteiger partial charge is 0.416 e. The van der Waals surface area contributed by atoms with Gasteiger partial charge < -0.3 is 0 Å². The third-order valence-electron chi connectivity index (χ3n) is 2.80. The Hall–Kier alpha value is -0.550. The highest BCUT2D eigenvalue weighted by molar-refractivity contribution is 9.10. The van der Waals surface area contributed by atoms with Crippen molar-refractivity contribution in [3.05, 3.63) is 34.3 Å². The van der Waals surface area contributed by atoms with E-state index >= 15 is 0 Å². The van der Waals surface area contributed by atoms with E-state index in [1.807, 2.05) is 0 Å². The third kappa shape index (κ3) is 4.48. The van der Waals surface area contributed by atoms with Gasteiger partial charge in [0.2, 0.25) is 0 Å². The summed E-state index contributed by atoms with van der Waals surface area (Å²) in [5.74, 6) is -0.0199. The van der Waals surface area contributed by atoms with Gasteiger partial charge >= 0.3 is 6.18 Å². The molecule has 0 aromatic heterocycles. The molecule has 6 heteroatoms. The monoisotopic (exact) mass is 370 g/mol. The van der Waals surface area contributed by atoms with Crippen LogP contribution in [0.15, 0.2) is 18.2 Å². The molecule has 0 spiro atoms. The average Bonchev–Trinajstić information content (AvgIpc) is 2.28. The lowest BCUT2D eigenvalue weighted by molar-refractivity contribution is -0.137. The van der Waals surface area contributed by atoms with Crippen LogP contribution in [0, 0.1) is 5.41 Å². The fourth-order valence-electron chi connectivity index (χ4n) is 1.64. The van der Waals surface area contributed by atoms with Crippen molar-refractivity contribution < 1.29 is 18.0 Å². The van der Waals surface area contributed by atoms with E-state index in [4.69, 9.17) is 11.6 Å². The van der Waals surface area contributed by atoms with Crippen molar-refractivity contribution in [2.75, 3.05) is 0 Å². The summed E-state index contributed by atoms with van der Waals surface area (Å²) in [6.45, 7) is 5.37. The lowest BCUT2D eigenvalue weighted by atomic mass is 9.87. The van der Waals surface area contributed by atoms with Gasteiger partial charge in [0.05, 0.1) is 10.4 Å². The second kappa shape index (κ2) is 6.06. The number of ketones is 1. The first-order valence-electron chi connectivity index (χ1n) is 5.97. The first-order valence-corrected chi connectivity index (χ1v) is 7.26. The summed E-state index contributed by atoms with van der Waals surface area (Å²) in [6.07, 6.45) is -4.16. The van der Waals surface area contributed by atoms with E-state index in [0.717, 1.165) is 12.1 Å². The predicted octanol–water partition coefficient (Wildman–Crippen LogP) is 5.28. The highest BCUT2D eigenvalue weighted by Gasteiger charge is 2.32. The van der Waals surface area contributed by atoms with Gasteiger partial charge in [-0.3, -0.25) is 4.79 Å². The minimum atomic E-state index is -4.42. The Bertz CT molecular complexity index is 506. The van der Waals surface area contributed by atoms with Crippen LogP contribution in [0.3, 0.4) is 0 Å². The number of rotatable bonds is 3. The van der Waals surface area contributed by atoms with Crippen LogP contribution in [0.1, 0.15) is 31.9 Å². The van der Waals surface area contributed by atoms with Crippen molar-refractivity contribution in [2.45, 2.75) is 38.2 Å². The fourth-order valence-corrected chi connectivity index (χ4v) is 2.94. The summed E-state index contributed by atoms with van der Waals surface area (Å²) in [5.41, 5.74) is -0.800. The lowest BCUT2D eigenvalue weighted by Gasteiger charge is -2.21.